The number of carboxylic acid groups (broad SMARTS) is 1. The van der Waals surface area contributed by atoms with E-state index in [0.29, 0.717) is 66.0 Å². The Morgan fingerprint density at radius 1 is 0.374 bits per heavy atom. The zero-order valence-corrected chi connectivity index (χ0v) is 95.4. The lowest BCUT2D eigenvalue weighted by atomic mass is 10.0. The second-order valence-corrected chi connectivity index (χ2v) is 56.1. The summed E-state index contributed by atoms with van der Waals surface area (Å²) in [5, 5.41) is 40.1. The molecule has 0 bridgehead atoms. The van der Waals surface area contributed by atoms with E-state index >= 15 is 0 Å². The van der Waals surface area contributed by atoms with Crippen LogP contribution < -0.4 is 25.0 Å². The predicted molar refractivity (Wildman–Crippen MR) is 575 cm³/mol. The maximum absolute atomic E-state index is 13.3. The minimum absolute atomic E-state index is 0.00840. The van der Waals surface area contributed by atoms with Gasteiger partial charge >= 0.3 is 23.9 Å². The van der Waals surface area contributed by atoms with Crippen LogP contribution in [-0.2, 0) is 113 Å². The highest BCUT2D eigenvalue weighted by molar-refractivity contribution is 8.13. The number of rotatable bonds is 24. The van der Waals surface area contributed by atoms with E-state index in [1.54, 1.807) is 93.1 Å². The summed E-state index contributed by atoms with van der Waals surface area (Å²) in [5.74, 6) is 2.37. The standard InChI is InChI=1S/C22H28N2O5S2.C21H27N3O5S2.C21H26N2O5S2.C14H19NO5S2.C8H10ClN.C8H15NO2S.C6H5ClO3S/c1-15-12-17(13-16(2)23-15)14-29-18-6-8-19(9-7-18)31(26,27)24-10-11-30-22(3,4)20(24)21(25)28-5;1-14-11-16(12-15(2)22-14)13-29-17-5-7-18(8-6-17)31(27,28)24-9-10-30-21(3,4)19(24)20(25)23-26;1-14-11-16(12-15(2)22-14)13-28-17-5-7-18(8-6-17)30(26,27)23-9-10-29-21(3,4)19(23)20(24)25;1-14(2)12(13(17)20-3)15(8-9-21-14)22(18,19)11-6-4-10(16)5-7-11;1-6-3-8(5-9)4-7(2)10-6;1-8(2)6(7(10)11-3)9-4-5-12-8;7-11(9,10)6-3-1-5(8)2-4-6/h6-9,12-13,20H,10-11,14H2,1-5H3;5-8,11-12,19,26H,9-10,13H2,1-4H3,(H,23,25);5-8,11-12,19H,9-10,13H2,1-4H3,(H,24,25);4-7,12,16H,8-9H2,1-3H3;3-4H,5H2,1-2H3;6,9H,4-5H2,1-3H3;1-4,8H/t20-;2*19-;12-;;6-;/m0000.0./s1. The van der Waals surface area contributed by atoms with Crippen molar-refractivity contribution in [1.29, 1.82) is 0 Å². The molecule has 47 heteroatoms. The number of benzene rings is 5. The first-order valence-electron chi connectivity index (χ1n) is 46.0. The highest BCUT2D eigenvalue weighted by atomic mass is 35.7. The number of aromatic hydroxyl groups is 2. The molecule has 4 aromatic heterocycles. The second kappa shape index (κ2) is 53.2. The van der Waals surface area contributed by atoms with Crippen molar-refractivity contribution in [3.05, 3.63) is 238 Å². The number of methoxy groups -OCH3 is 3. The number of carbonyl (C=O) groups excluding carboxylic acids is 4. The van der Waals surface area contributed by atoms with Gasteiger partial charge in [0, 0.05) is 147 Å². The number of aromatic nitrogens is 4. The Balaban J connectivity index is 0.000000217. The maximum Gasteiger partial charge on any atom is 0.325 e. The van der Waals surface area contributed by atoms with Crippen LogP contribution in [-0.4, -0.2) is 266 Å². The number of phenols is 2. The summed E-state index contributed by atoms with van der Waals surface area (Å²) < 4.78 is 160. The second-order valence-electron chi connectivity index (χ2n) is 37.0. The number of thioether (sulfide) groups is 5. The zero-order chi connectivity index (χ0) is 110. The van der Waals surface area contributed by atoms with Gasteiger partial charge < -0.3 is 49.1 Å². The molecule has 5 aliphatic heterocycles. The van der Waals surface area contributed by atoms with Crippen LogP contribution in [0.2, 0.25) is 0 Å². The SMILES string of the molecule is COC(=O)[C@@H]1N(S(=O)(=O)c2ccc(O)cc2)CCSC1(C)C.COC(=O)[C@@H]1N(S(=O)(=O)c2ccc(OCc3cc(C)nc(C)c3)cc2)CCSC1(C)C.COC(=O)[C@@H]1NCCSC1(C)C.Cc1cc(CCl)cc(C)n1.Cc1cc(COc2ccc(S(=O)(=O)N3CCSC(C)(C)[C@@H]3C(=O)NO)cc2)cc(C)n1.Cc1cc(COc2ccc(S(=O)(=O)N3CCSC(C)(C)[C@@H]3C(=O)O)cc2)cc(C)n1.O=S(=O)(Cl)c1ccc(O)cc1. The Kier molecular flexibility index (Phi) is 44.6. The lowest BCUT2D eigenvalue weighted by molar-refractivity contribution is -0.147. The molecule has 804 valence electrons. The number of sulfonamides is 4. The molecule has 5 aliphatic rings. The Labute approximate surface area is 893 Å². The number of alkyl halides is 1. The van der Waals surface area contributed by atoms with Crippen LogP contribution >= 0.6 is 81.1 Å². The molecule has 0 spiro atoms. The van der Waals surface area contributed by atoms with E-state index in [-0.39, 0.29) is 78.9 Å². The van der Waals surface area contributed by atoms with Crippen LogP contribution in [0.3, 0.4) is 0 Å². The van der Waals surface area contributed by atoms with E-state index in [1.165, 1.54) is 138 Å². The average molecular weight is 2260 g/mol. The summed E-state index contributed by atoms with van der Waals surface area (Å²) >= 11 is 13.5. The molecule has 0 saturated carbocycles. The van der Waals surface area contributed by atoms with Crippen LogP contribution in [0.1, 0.15) is 137 Å². The van der Waals surface area contributed by atoms with Gasteiger partial charge in [0.25, 0.3) is 15.0 Å². The van der Waals surface area contributed by atoms with Gasteiger partial charge in [-0.1, -0.05) is 0 Å². The van der Waals surface area contributed by atoms with Crippen molar-refractivity contribution in [2.45, 2.75) is 229 Å². The van der Waals surface area contributed by atoms with Crippen LogP contribution in [0.4, 0.5) is 0 Å². The highest BCUT2D eigenvalue weighted by Crippen LogP contribution is 2.44. The van der Waals surface area contributed by atoms with Crippen LogP contribution in [0.25, 0.3) is 0 Å². The summed E-state index contributed by atoms with van der Waals surface area (Å²) in [6.45, 7) is 36.8. The van der Waals surface area contributed by atoms with Gasteiger partial charge in [0.2, 0.25) is 40.1 Å². The minimum atomic E-state index is -3.95. The van der Waals surface area contributed by atoms with Gasteiger partial charge in [0.15, 0.2) is 0 Å². The summed E-state index contributed by atoms with van der Waals surface area (Å²) in [4.78, 5) is 77.5. The molecule has 5 atom stereocenters. The highest BCUT2D eigenvalue weighted by Gasteiger charge is 2.53. The first-order chi connectivity index (χ1) is 68.6. The molecule has 5 aromatic carbocycles. The van der Waals surface area contributed by atoms with Gasteiger partial charge in [0.05, 0.1) is 45.8 Å². The number of carbonyl (C=O) groups is 5. The van der Waals surface area contributed by atoms with Gasteiger partial charge in [-0.2, -0.15) is 76.0 Å². The lowest BCUT2D eigenvalue weighted by Crippen LogP contribution is -2.61. The largest absolute Gasteiger partial charge is 0.508 e. The van der Waals surface area contributed by atoms with Crippen molar-refractivity contribution in [2.24, 2.45) is 0 Å². The molecule has 147 heavy (non-hydrogen) atoms. The number of halogens is 2. The number of hydrogen-bond donors (Lipinski definition) is 6. The molecular formula is C100H130Cl2N10O25S10. The summed E-state index contributed by atoms with van der Waals surface area (Å²) in [5.41, 5.74) is 13.3. The minimum Gasteiger partial charge on any atom is -0.508 e. The Morgan fingerprint density at radius 3 is 0.878 bits per heavy atom. The third kappa shape index (κ3) is 34.2. The molecule has 9 aromatic rings. The molecule has 6 N–H and O–H groups in total. The average Bonchev–Trinajstić information content (AvgIpc) is 0.767. The number of hydroxylamine groups is 1. The zero-order valence-electron chi connectivity index (χ0n) is 85.7. The number of aliphatic carboxylic acids is 1. The maximum atomic E-state index is 13.3. The fourth-order valence-corrected chi connectivity index (χ4v) is 30.9. The summed E-state index contributed by atoms with van der Waals surface area (Å²) in [6.07, 6.45) is 0. The first-order valence-corrected chi connectivity index (χ1v) is 59.6. The monoisotopic (exact) mass is 2260 g/mol. The molecule has 9 heterocycles. The van der Waals surface area contributed by atoms with E-state index in [2.05, 4.69) is 39.1 Å². The van der Waals surface area contributed by atoms with Crippen LogP contribution in [0.5, 0.6) is 28.7 Å². The predicted octanol–water partition coefficient (Wildman–Crippen LogP) is 15.1. The summed E-state index contributed by atoms with van der Waals surface area (Å²) in [6, 6.07) is 40.3. The van der Waals surface area contributed by atoms with Crippen molar-refractivity contribution in [3.8, 4) is 28.7 Å². The number of aryl methyl sites for hydroxylation is 8. The fourth-order valence-electron chi connectivity index (χ4n) is 16.5. The number of amides is 1. The molecular weight excluding hydrogens is 2130 g/mol. The first kappa shape index (κ1) is 123. The number of ether oxygens (including phenoxy) is 6. The number of hydrogen-bond acceptors (Lipinski definition) is 34. The smallest absolute Gasteiger partial charge is 0.325 e. The molecule has 35 nitrogen and oxygen atoms in total. The van der Waals surface area contributed by atoms with Crippen molar-refractivity contribution >= 4 is 160 Å². The van der Waals surface area contributed by atoms with Gasteiger partial charge in [-0.15, -0.1) is 11.6 Å². The van der Waals surface area contributed by atoms with E-state index in [1.807, 2.05) is 143 Å². The third-order valence-corrected chi connectivity index (χ3v) is 39.2. The Morgan fingerprint density at radius 2 is 0.619 bits per heavy atom. The van der Waals surface area contributed by atoms with Crippen LogP contribution in [0, 0.1) is 55.4 Å². The van der Waals surface area contributed by atoms with Crippen molar-refractivity contribution in [2.75, 3.05) is 82.8 Å². The van der Waals surface area contributed by atoms with Crippen LogP contribution in [0.15, 0.2) is 194 Å². The number of carboxylic acids is 1. The van der Waals surface area contributed by atoms with Gasteiger partial charge in [-0.05, 0) is 317 Å². The normalized spacial score (nSPS) is 19.1. The fraction of sp³-hybridized carbons (Fsp3) is 0.450. The number of esters is 3. The topological polar surface area (TPSA) is 481 Å². The number of nitrogens with one attached hydrogen (secondary N) is 2. The molecule has 5 fully saturated rings. The van der Waals surface area contributed by atoms with E-state index < -0.39 is 116 Å². The number of pyridine rings is 4. The van der Waals surface area contributed by atoms with Crippen molar-refractivity contribution in [3.63, 3.8) is 0 Å². The molecule has 0 aliphatic carbocycles. The number of nitrogens with zero attached hydrogens (tertiary/aromatic N) is 8. The number of phenolic OH excluding ortho intramolecular Hbond substituents is 2. The molecule has 0 radical (unpaired) electrons. The molecule has 14 rings (SSSR count). The van der Waals surface area contributed by atoms with Crippen molar-refractivity contribution < 1.29 is 115 Å². The molecule has 1 amide bonds. The van der Waals surface area contributed by atoms with Crippen molar-refractivity contribution in [1.82, 2.24) is 48.0 Å². The Bertz CT molecular complexity index is 6400. The lowest BCUT2D eigenvalue weighted by Gasteiger charge is -2.43. The summed E-state index contributed by atoms with van der Waals surface area (Å²) in [7, 11) is -10.3. The van der Waals surface area contributed by atoms with E-state index in [9.17, 15) is 76.3 Å². The third-order valence-electron chi connectivity index (χ3n) is 23.2. The van der Waals surface area contributed by atoms with E-state index in [0.717, 1.165) is 88.7 Å². The van der Waals surface area contributed by atoms with E-state index in [4.69, 9.17) is 61.0 Å². The Hall–Kier alpha value is -9.11. The molecule has 0 unspecified atom stereocenters. The molecule has 5 saturated heterocycles. The van der Waals surface area contributed by atoms with Gasteiger partial charge in [-0.25, -0.2) is 47.6 Å². The van der Waals surface area contributed by atoms with Gasteiger partial charge in [0.1, 0.15) is 78.8 Å². The quantitative estimate of drug-likeness (QED) is 0.00817. The van der Waals surface area contributed by atoms with Gasteiger partial charge in [-0.3, -0.25) is 49.1 Å².